The SMILES string of the molecule is CC/C=C\C/C=C\CCCCC(=O)OC(COC(=O)CCCCCCCCCCC)COC(=O)CCCCCCCCCCCCCCCCCCC. The Hall–Kier alpha value is -2.11. The van der Waals surface area contributed by atoms with Crippen molar-refractivity contribution in [2.75, 3.05) is 13.2 Å². The van der Waals surface area contributed by atoms with E-state index in [0.717, 1.165) is 70.6 Å². The molecular formula is C47H86O6. The number of unbranched alkanes of at least 4 members (excludes halogenated alkanes) is 26. The summed E-state index contributed by atoms with van der Waals surface area (Å²) in [6.45, 7) is 6.47. The van der Waals surface area contributed by atoms with Crippen molar-refractivity contribution in [1.29, 1.82) is 0 Å². The van der Waals surface area contributed by atoms with Crippen molar-refractivity contribution in [2.24, 2.45) is 0 Å². The van der Waals surface area contributed by atoms with E-state index < -0.39 is 6.10 Å². The van der Waals surface area contributed by atoms with Gasteiger partial charge >= 0.3 is 17.9 Å². The molecule has 0 saturated carbocycles. The highest BCUT2D eigenvalue weighted by Crippen LogP contribution is 2.15. The Morgan fingerprint density at radius 2 is 0.736 bits per heavy atom. The lowest BCUT2D eigenvalue weighted by molar-refractivity contribution is -0.167. The summed E-state index contributed by atoms with van der Waals surface area (Å²) < 4.78 is 16.6. The molecule has 310 valence electrons. The van der Waals surface area contributed by atoms with Crippen molar-refractivity contribution < 1.29 is 28.6 Å². The second kappa shape index (κ2) is 42.6. The molecular weight excluding hydrogens is 661 g/mol. The van der Waals surface area contributed by atoms with Crippen molar-refractivity contribution >= 4 is 17.9 Å². The topological polar surface area (TPSA) is 78.9 Å². The lowest BCUT2D eigenvalue weighted by Gasteiger charge is -2.18. The summed E-state index contributed by atoms with van der Waals surface area (Å²) in [6.07, 6.45) is 46.1. The lowest BCUT2D eigenvalue weighted by Crippen LogP contribution is -2.30. The molecule has 0 rings (SSSR count). The van der Waals surface area contributed by atoms with Gasteiger partial charge in [-0.1, -0.05) is 199 Å². The summed E-state index contributed by atoms with van der Waals surface area (Å²) in [5, 5.41) is 0. The van der Waals surface area contributed by atoms with Crippen LogP contribution in [0.5, 0.6) is 0 Å². The van der Waals surface area contributed by atoms with Gasteiger partial charge in [0.1, 0.15) is 13.2 Å². The molecule has 6 nitrogen and oxygen atoms in total. The molecule has 0 aliphatic rings. The van der Waals surface area contributed by atoms with Gasteiger partial charge in [-0.2, -0.15) is 0 Å². The van der Waals surface area contributed by atoms with Crippen LogP contribution < -0.4 is 0 Å². The number of hydrogen-bond acceptors (Lipinski definition) is 6. The van der Waals surface area contributed by atoms with E-state index in [1.165, 1.54) is 128 Å². The van der Waals surface area contributed by atoms with E-state index in [2.05, 4.69) is 45.1 Å². The zero-order chi connectivity index (χ0) is 38.7. The highest BCUT2D eigenvalue weighted by atomic mass is 16.6. The Kier molecular flexibility index (Phi) is 40.9. The molecule has 0 amide bonds. The maximum atomic E-state index is 12.6. The smallest absolute Gasteiger partial charge is 0.306 e. The molecule has 0 radical (unpaired) electrons. The number of rotatable bonds is 41. The minimum Gasteiger partial charge on any atom is -0.462 e. The van der Waals surface area contributed by atoms with Gasteiger partial charge in [-0.25, -0.2) is 0 Å². The van der Waals surface area contributed by atoms with Crippen molar-refractivity contribution in [1.82, 2.24) is 0 Å². The number of ether oxygens (including phenoxy) is 3. The number of carbonyl (C=O) groups excluding carboxylic acids is 3. The molecule has 1 atom stereocenters. The minimum atomic E-state index is -0.778. The molecule has 0 aromatic carbocycles. The van der Waals surface area contributed by atoms with Gasteiger partial charge in [0, 0.05) is 19.3 Å². The molecule has 53 heavy (non-hydrogen) atoms. The largest absolute Gasteiger partial charge is 0.462 e. The van der Waals surface area contributed by atoms with Crippen LogP contribution >= 0.6 is 0 Å². The van der Waals surface area contributed by atoms with Crippen LogP contribution in [0.2, 0.25) is 0 Å². The fraction of sp³-hybridized carbons (Fsp3) is 0.851. The van der Waals surface area contributed by atoms with E-state index in [9.17, 15) is 14.4 Å². The monoisotopic (exact) mass is 747 g/mol. The van der Waals surface area contributed by atoms with Gasteiger partial charge in [-0.3, -0.25) is 14.4 Å². The molecule has 6 heteroatoms. The Morgan fingerprint density at radius 3 is 1.13 bits per heavy atom. The normalized spacial score (nSPS) is 12.1. The Bertz CT molecular complexity index is 865. The van der Waals surface area contributed by atoms with Crippen LogP contribution in [-0.2, 0) is 28.6 Å². The molecule has 0 fully saturated rings. The number of hydrogen-bond donors (Lipinski definition) is 0. The molecule has 0 N–H and O–H groups in total. The predicted octanol–water partition coefficient (Wildman–Crippen LogP) is 14.4. The molecule has 0 aromatic rings. The van der Waals surface area contributed by atoms with E-state index >= 15 is 0 Å². The lowest BCUT2D eigenvalue weighted by atomic mass is 10.0. The van der Waals surface area contributed by atoms with E-state index in [4.69, 9.17) is 14.2 Å². The summed E-state index contributed by atoms with van der Waals surface area (Å²) >= 11 is 0. The van der Waals surface area contributed by atoms with Crippen LogP contribution in [0, 0.1) is 0 Å². The van der Waals surface area contributed by atoms with E-state index in [-0.39, 0.29) is 31.1 Å². The molecule has 0 aromatic heterocycles. The Balaban J connectivity index is 4.25. The first-order chi connectivity index (χ1) is 26.0. The number of esters is 3. The average Bonchev–Trinajstić information content (AvgIpc) is 3.15. The molecule has 0 saturated heterocycles. The minimum absolute atomic E-state index is 0.0805. The molecule has 0 spiro atoms. The quantitative estimate of drug-likeness (QED) is 0.0268. The second-order valence-corrected chi connectivity index (χ2v) is 15.3. The maximum absolute atomic E-state index is 12.6. The summed E-state index contributed by atoms with van der Waals surface area (Å²) in [7, 11) is 0. The van der Waals surface area contributed by atoms with Gasteiger partial charge in [0.25, 0.3) is 0 Å². The highest BCUT2D eigenvalue weighted by molar-refractivity contribution is 5.71. The van der Waals surface area contributed by atoms with Crippen LogP contribution in [0.25, 0.3) is 0 Å². The molecule has 0 aliphatic heterocycles. The van der Waals surface area contributed by atoms with Gasteiger partial charge in [-0.05, 0) is 44.9 Å². The third-order valence-corrected chi connectivity index (χ3v) is 9.97. The third kappa shape index (κ3) is 40.9. The third-order valence-electron chi connectivity index (χ3n) is 9.97. The molecule has 1 unspecified atom stereocenters. The predicted molar refractivity (Wildman–Crippen MR) is 224 cm³/mol. The standard InChI is InChI=1S/C47H86O6/c1-4-7-10-13-16-19-20-21-22-23-24-25-26-29-31-34-37-40-46(49)52-43-44(53-47(50)41-38-35-32-28-18-15-12-9-6-3)42-51-45(48)39-36-33-30-27-17-14-11-8-5-2/h9,12,18,28,44H,4-8,10-11,13-17,19-27,29-43H2,1-3H3/b12-9-,28-18-. The summed E-state index contributed by atoms with van der Waals surface area (Å²) in [6, 6.07) is 0. The first-order valence-corrected chi connectivity index (χ1v) is 22.8. The fourth-order valence-electron chi connectivity index (χ4n) is 6.54. The van der Waals surface area contributed by atoms with Crippen LogP contribution in [0.4, 0.5) is 0 Å². The summed E-state index contributed by atoms with van der Waals surface area (Å²) in [5.41, 5.74) is 0. The van der Waals surface area contributed by atoms with Gasteiger partial charge < -0.3 is 14.2 Å². The summed E-state index contributed by atoms with van der Waals surface area (Å²) in [4.78, 5) is 37.6. The van der Waals surface area contributed by atoms with E-state index in [1.54, 1.807) is 0 Å². The van der Waals surface area contributed by atoms with Crippen LogP contribution in [0.3, 0.4) is 0 Å². The zero-order valence-electron chi connectivity index (χ0n) is 35.3. The van der Waals surface area contributed by atoms with E-state index in [1.807, 2.05) is 0 Å². The fourth-order valence-corrected chi connectivity index (χ4v) is 6.54. The molecule has 0 heterocycles. The zero-order valence-corrected chi connectivity index (χ0v) is 35.3. The van der Waals surface area contributed by atoms with Gasteiger partial charge in [0.15, 0.2) is 6.10 Å². The number of carbonyl (C=O) groups is 3. The Morgan fingerprint density at radius 1 is 0.396 bits per heavy atom. The Labute approximate surface area is 328 Å². The van der Waals surface area contributed by atoms with Crippen molar-refractivity contribution in [3.8, 4) is 0 Å². The summed E-state index contributed by atoms with van der Waals surface area (Å²) in [5.74, 6) is -0.915. The first-order valence-electron chi connectivity index (χ1n) is 22.8. The van der Waals surface area contributed by atoms with Gasteiger partial charge in [0.2, 0.25) is 0 Å². The van der Waals surface area contributed by atoms with Crippen LogP contribution in [0.1, 0.15) is 239 Å². The maximum Gasteiger partial charge on any atom is 0.306 e. The average molecular weight is 747 g/mol. The molecule has 0 aliphatic carbocycles. The highest BCUT2D eigenvalue weighted by Gasteiger charge is 2.19. The molecule has 0 bridgehead atoms. The second-order valence-electron chi connectivity index (χ2n) is 15.3. The first kappa shape index (κ1) is 50.9. The van der Waals surface area contributed by atoms with Crippen molar-refractivity contribution in [3.63, 3.8) is 0 Å². The van der Waals surface area contributed by atoms with Crippen LogP contribution in [0.15, 0.2) is 24.3 Å². The van der Waals surface area contributed by atoms with Crippen molar-refractivity contribution in [2.45, 2.75) is 245 Å². The van der Waals surface area contributed by atoms with Crippen LogP contribution in [-0.4, -0.2) is 37.2 Å². The number of allylic oxidation sites excluding steroid dienone is 4. The van der Waals surface area contributed by atoms with Gasteiger partial charge in [0.05, 0.1) is 0 Å². The van der Waals surface area contributed by atoms with Gasteiger partial charge in [-0.15, -0.1) is 0 Å². The van der Waals surface area contributed by atoms with E-state index in [0.29, 0.717) is 19.3 Å². The van der Waals surface area contributed by atoms with Crippen molar-refractivity contribution in [3.05, 3.63) is 24.3 Å².